The van der Waals surface area contributed by atoms with Gasteiger partial charge in [-0.15, -0.1) is 16.4 Å². The summed E-state index contributed by atoms with van der Waals surface area (Å²) in [6, 6.07) is 3.96. The predicted molar refractivity (Wildman–Crippen MR) is 74.8 cm³/mol. The molecule has 92 valence electrons. The maximum absolute atomic E-state index is 4.40. The molecule has 0 spiro atoms. The van der Waals surface area contributed by atoms with Crippen molar-refractivity contribution in [1.82, 2.24) is 19.6 Å². The Morgan fingerprint density at radius 1 is 1.44 bits per heavy atom. The molecule has 0 radical (unpaired) electrons. The number of anilines is 1. The lowest BCUT2D eigenvalue weighted by molar-refractivity contribution is 0.842. The lowest BCUT2D eigenvalue weighted by Gasteiger charge is -2.07. The van der Waals surface area contributed by atoms with Crippen molar-refractivity contribution in [2.75, 3.05) is 5.32 Å². The summed E-state index contributed by atoms with van der Waals surface area (Å²) in [5.41, 5.74) is 0.812. The van der Waals surface area contributed by atoms with E-state index in [4.69, 9.17) is 0 Å². The number of rotatable bonds is 3. The summed E-state index contributed by atoms with van der Waals surface area (Å²) >= 11 is 5.02. The Labute approximate surface area is 116 Å². The first kappa shape index (κ1) is 11.6. The van der Waals surface area contributed by atoms with Gasteiger partial charge in [-0.1, -0.05) is 0 Å². The van der Waals surface area contributed by atoms with Gasteiger partial charge in [0.15, 0.2) is 5.65 Å². The van der Waals surface area contributed by atoms with E-state index in [0.29, 0.717) is 5.95 Å². The number of halogens is 1. The lowest BCUT2D eigenvalue weighted by Crippen LogP contribution is -2.07. The van der Waals surface area contributed by atoms with Gasteiger partial charge in [-0.25, -0.2) is 9.50 Å². The zero-order chi connectivity index (χ0) is 12.5. The van der Waals surface area contributed by atoms with Crippen molar-refractivity contribution < 1.29 is 0 Å². The Kier molecular flexibility index (Phi) is 3.00. The van der Waals surface area contributed by atoms with E-state index >= 15 is 0 Å². The van der Waals surface area contributed by atoms with Crippen LogP contribution in [0.25, 0.3) is 5.65 Å². The molecule has 3 rings (SSSR count). The molecule has 0 fully saturated rings. The van der Waals surface area contributed by atoms with E-state index in [1.54, 1.807) is 22.0 Å². The van der Waals surface area contributed by atoms with Crippen molar-refractivity contribution in [2.45, 2.75) is 13.0 Å². The van der Waals surface area contributed by atoms with E-state index in [9.17, 15) is 0 Å². The van der Waals surface area contributed by atoms with E-state index in [-0.39, 0.29) is 6.04 Å². The first-order valence-corrected chi connectivity index (χ1v) is 7.07. The number of nitrogens with zero attached hydrogens (tertiary/aromatic N) is 4. The molecule has 0 aliphatic rings. The van der Waals surface area contributed by atoms with Crippen LogP contribution in [0.5, 0.6) is 0 Å². The number of thiazole rings is 1. The molecule has 0 aliphatic carbocycles. The Morgan fingerprint density at radius 3 is 3.11 bits per heavy atom. The van der Waals surface area contributed by atoms with Crippen LogP contribution in [0.1, 0.15) is 18.0 Å². The Hall–Kier alpha value is -1.47. The van der Waals surface area contributed by atoms with Crippen LogP contribution in [0.2, 0.25) is 0 Å². The highest BCUT2D eigenvalue weighted by Crippen LogP contribution is 2.19. The maximum Gasteiger partial charge on any atom is 0.243 e. The molecule has 1 atom stereocenters. The number of hydrogen-bond acceptors (Lipinski definition) is 5. The molecule has 3 aromatic heterocycles. The third-order valence-electron chi connectivity index (χ3n) is 2.46. The lowest BCUT2D eigenvalue weighted by atomic mass is 10.4. The summed E-state index contributed by atoms with van der Waals surface area (Å²) in [5, 5.41) is 10.6. The predicted octanol–water partition coefficient (Wildman–Crippen LogP) is 3.12. The van der Waals surface area contributed by atoms with Crippen molar-refractivity contribution in [3.8, 4) is 0 Å². The number of fused-ring (bicyclic) bond motifs is 1. The molecule has 1 N–H and O–H groups in total. The van der Waals surface area contributed by atoms with Gasteiger partial charge >= 0.3 is 0 Å². The zero-order valence-electron chi connectivity index (χ0n) is 9.54. The van der Waals surface area contributed by atoms with Gasteiger partial charge < -0.3 is 5.32 Å². The van der Waals surface area contributed by atoms with E-state index in [0.717, 1.165) is 15.1 Å². The van der Waals surface area contributed by atoms with E-state index in [1.807, 2.05) is 30.6 Å². The summed E-state index contributed by atoms with van der Waals surface area (Å²) in [4.78, 5) is 8.67. The molecule has 0 amide bonds. The van der Waals surface area contributed by atoms with Crippen LogP contribution in [0.3, 0.4) is 0 Å². The summed E-state index contributed by atoms with van der Waals surface area (Å²) in [6.07, 6.45) is 3.67. The first-order valence-electron chi connectivity index (χ1n) is 5.40. The molecule has 0 saturated carbocycles. The highest BCUT2D eigenvalue weighted by molar-refractivity contribution is 9.10. The van der Waals surface area contributed by atoms with Crippen LogP contribution in [0, 0.1) is 0 Å². The summed E-state index contributed by atoms with van der Waals surface area (Å²) in [5.74, 6) is 0.607. The van der Waals surface area contributed by atoms with Gasteiger partial charge in [0.05, 0.1) is 6.04 Å². The smallest absolute Gasteiger partial charge is 0.243 e. The molecule has 3 aromatic rings. The quantitative estimate of drug-likeness (QED) is 0.804. The number of aromatic nitrogens is 4. The first-order chi connectivity index (χ1) is 8.72. The molecule has 0 aliphatic heterocycles. The second-order valence-corrected chi connectivity index (χ2v) is 5.66. The fourth-order valence-corrected chi connectivity index (χ4v) is 2.59. The maximum atomic E-state index is 4.40. The van der Waals surface area contributed by atoms with Crippen LogP contribution < -0.4 is 5.32 Å². The van der Waals surface area contributed by atoms with Crippen molar-refractivity contribution in [3.63, 3.8) is 0 Å². The number of nitrogens with one attached hydrogen (secondary N) is 1. The Balaban J connectivity index is 1.86. The molecule has 5 nitrogen and oxygen atoms in total. The molecule has 3 heterocycles. The van der Waals surface area contributed by atoms with Gasteiger partial charge in [0.1, 0.15) is 5.01 Å². The minimum absolute atomic E-state index is 0.103. The standard InChI is InChI=1S/C11H10BrN5S/c1-7(10-13-4-5-18-10)14-11-15-9-3-2-8(12)6-17(9)16-11/h2-7H,1H3,(H,14,16). The normalized spacial score (nSPS) is 12.8. The summed E-state index contributed by atoms with van der Waals surface area (Å²) < 4.78 is 2.71. The van der Waals surface area contributed by atoms with Crippen molar-refractivity contribution in [1.29, 1.82) is 0 Å². The van der Waals surface area contributed by atoms with Crippen molar-refractivity contribution >= 4 is 38.9 Å². The van der Waals surface area contributed by atoms with Gasteiger partial charge in [-0.05, 0) is 35.0 Å². The average Bonchev–Trinajstić information content (AvgIpc) is 2.95. The van der Waals surface area contributed by atoms with Gasteiger partial charge in [0, 0.05) is 22.2 Å². The van der Waals surface area contributed by atoms with Gasteiger partial charge in [-0.3, -0.25) is 0 Å². The fourth-order valence-electron chi connectivity index (χ4n) is 1.62. The van der Waals surface area contributed by atoms with Gasteiger partial charge in [0.25, 0.3) is 0 Å². The number of hydrogen-bond donors (Lipinski definition) is 1. The van der Waals surface area contributed by atoms with Crippen molar-refractivity contribution in [2.24, 2.45) is 0 Å². The molecule has 0 aromatic carbocycles. The highest BCUT2D eigenvalue weighted by Gasteiger charge is 2.11. The third kappa shape index (κ3) is 2.23. The Morgan fingerprint density at radius 2 is 2.33 bits per heavy atom. The molecule has 18 heavy (non-hydrogen) atoms. The minimum Gasteiger partial charge on any atom is -0.344 e. The SMILES string of the molecule is CC(Nc1nc2ccc(Br)cn2n1)c1nccs1. The fraction of sp³-hybridized carbons (Fsp3) is 0.182. The molecule has 1 unspecified atom stereocenters. The minimum atomic E-state index is 0.103. The largest absolute Gasteiger partial charge is 0.344 e. The van der Waals surface area contributed by atoms with Gasteiger partial charge in [-0.2, -0.15) is 4.98 Å². The Bertz CT molecular complexity index is 663. The van der Waals surface area contributed by atoms with Crippen LogP contribution in [-0.4, -0.2) is 19.6 Å². The molecular weight excluding hydrogens is 314 g/mol. The molecule has 0 saturated heterocycles. The van der Waals surface area contributed by atoms with Crippen molar-refractivity contribution in [3.05, 3.63) is 39.4 Å². The van der Waals surface area contributed by atoms with Crippen LogP contribution in [0.15, 0.2) is 34.4 Å². The third-order valence-corrected chi connectivity index (χ3v) is 3.89. The monoisotopic (exact) mass is 323 g/mol. The summed E-state index contributed by atoms with van der Waals surface area (Å²) in [7, 11) is 0. The zero-order valence-corrected chi connectivity index (χ0v) is 11.9. The van der Waals surface area contributed by atoms with E-state index in [1.165, 1.54) is 0 Å². The van der Waals surface area contributed by atoms with Gasteiger partial charge in [0.2, 0.25) is 5.95 Å². The van der Waals surface area contributed by atoms with E-state index in [2.05, 4.69) is 36.3 Å². The highest BCUT2D eigenvalue weighted by atomic mass is 79.9. The van der Waals surface area contributed by atoms with E-state index < -0.39 is 0 Å². The second-order valence-electron chi connectivity index (χ2n) is 3.82. The molecule has 7 heteroatoms. The summed E-state index contributed by atoms with van der Waals surface area (Å²) in [6.45, 7) is 2.04. The van der Waals surface area contributed by atoms with Crippen LogP contribution in [0.4, 0.5) is 5.95 Å². The van der Waals surface area contributed by atoms with Crippen LogP contribution in [-0.2, 0) is 0 Å². The van der Waals surface area contributed by atoms with Crippen LogP contribution >= 0.6 is 27.3 Å². The molecular formula is C11H10BrN5S. The second kappa shape index (κ2) is 4.66. The average molecular weight is 324 g/mol. The number of pyridine rings is 1. The topological polar surface area (TPSA) is 55.1 Å². The molecule has 0 bridgehead atoms.